The number of aliphatic hydroxyl groups excluding tert-OH is 1. The van der Waals surface area contributed by atoms with E-state index in [0.29, 0.717) is 24.2 Å². The smallest absolute Gasteiger partial charge is 0.255 e. The van der Waals surface area contributed by atoms with E-state index in [1.807, 2.05) is 59.4 Å². The Morgan fingerprint density at radius 3 is 2.52 bits per heavy atom. The molecule has 0 saturated carbocycles. The third-order valence-electron chi connectivity index (χ3n) is 8.90. The average Bonchev–Trinajstić information content (AvgIpc) is 3.49. The number of fused-ring (bicyclic) bond motifs is 1. The zero-order chi connectivity index (χ0) is 31.3. The summed E-state index contributed by atoms with van der Waals surface area (Å²) in [5, 5.41) is 22.2. The summed E-state index contributed by atoms with van der Waals surface area (Å²) in [6, 6.07) is 23.4. The summed E-state index contributed by atoms with van der Waals surface area (Å²) >= 11 is 0. The maximum Gasteiger partial charge on any atom is 0.255 e. The molecule has 1 amide bonds. The Morgan fingerprint density at radius 2 is 1.84 bits per heavy atom. The van der Waals surface area contributed by atoms with Crippen LogP contribution in [0.3, 0.4) is 0 Å². The monoisotopic (exact) mass is 614 g/mol. The number of hydrogen-bond donors (Lipinski definition) is 2. The summed E-state index contributed by atoms with van der Waals surface area (Å²) < 4.78 is 20.4. The van der Waals surface area contributed by atoms with Crippen LogP contribution in [0.25, 0.3) is 0 Å². The van der Waals surface area contributed by atoms with Crippen molar-refractivity contribution >= 4 is 24.9 Å². The van der Waals surface area contributed by atoms with Gasteiger partial charge in [0.25, 0.3) is 5.91 Å². The van der Waals surface area contributed by atoms with Gasteiger partial charge in [0.1, 0.15) is 17.6 Å². The SMILES string of the molecule is COc1ccc([Si](C)(C)C(CCn2cc(CCO)nn2)[C@H]2Oc3ccc(NC(=O)c4ccccc4)cc3[C@@H](OC)[C@@H]2C)cc1. The van der Waals surface area contributed by atoms with Crippen LogP contribution in [0.15, 0.2) is 79.0 Å². The molecule has 0 spiro atoms. The number of aliphatic hydroxyl groups is 1. The molecule has 44 heavy (non-hydrogen) atoms. The first-order chi connectivity index (χ1) is 21.2. The number of ether oxygens (including phenoxy) is 3. The van der Waals surface area contributed by atoms with E-state index in [2.05, 4.69) is 47.8 Å². The number of methoxy groups -OCH3 is 2. The first-order valence-electron chi connectivity index (χ1n) is 15.1. The van der Waals surface area contributed by atoms with Gasteiger partial charge >= 0.3 is 0 Å². The van der Waals surface area contributed by atoms with Gasteiger partial charge in [-0.05, 0) is 54.4 Å². The fourth-order valence-corrected chi connectivity index (χ4v) is 9.86. The Bertz CT molecular complexity index is 1540. The van der Waals surface area contributed by atoms with Gasteiger partial charge in [0.05, 0.1) is 27.0 Å². The molecule has 232 valence electrons. The highest BCUT2D eigenvalue weighted by molar-refractivity contribution is 6.91. The van der Waals surface area contributed by atoms with Crippen molar-refractivity contribution in [3.05, 3.63) is 95.8 Å². The third kappa shape index (κ3) is 6.72. The molecule has 1 aromatic heterocycles. The molecule has 0 bridgehead atoms. The van der Waals surface area contributed by atoms with Crippen molar-refractivity contribution in [2.24, 2.45) is 5.92 Å². The zero-order valence-electron chi connectivity index (χ0n) is 26.1. The fraction of sp³-hybridized carbons (Fsp3) is 0.382. The van der Waals surface area contributed by atoms with E-state index in [-0.39, 0.29) is 36.2 Å². The second kappa shape index (κ2) is 13.8. The largest absolute Gasteiger partial charge is 0.497 e. The highest BCUT2D eigenvalue weighted by atomic mass is 28.3. The molecule has 3 aromatic carbocycles. The van der Waals surface area contributed by atoms with Crippen LogP contribution in [0.5, 0.6) is 11.5 Å². The molecule has 1 aliphatic rings. The van der Waals surface area contributed by atoms with Gasteiger partial charge in [-0.1, -0.05) is 60.7 Å². The van der Waals surface area contributed by atoms with Crippen LogP contribution in [-0.2, 0) is 17.7 Å². The van der Waals surface area contributed by atoms with Crippen LogP contribution in [0.2, 0.25) is 18.6 Å². The van der Waals surface area contributed by atoms with Crippen molar-refractivity contribution in [1.29, 1.82) is 0 Å². The predicted octanol–water partition coefficient (Wildman–Crippen LogP) is 5.23. The van der Waals surface area contributed by atoms with Crippen molar-refractivity contribution < 1.29 is 24.1 Å². The maximum absolute atomic E-state index is 12.9. The van der Waals surface area contributed by atoms with Gasteiger partial charge in [0.2, 0.25) is 0 Å². The van der Waals surface area contributed by atoms with Crippen molar-refractivity contribution in [3.63, 3.8) is 0 Å². The first kappa shape index (κ1) is 31.4. The highest BCUT2D eigenvalue weighted by Gasteiger charge is 2.47. The molecule has 2 heterocycles. The molecule has 4 aromatic rings. The Hall–Kier alpha value is -3.99. The van der Waals surface area contributed by atoms with E-state index >= 15 is 0 Å². The van der Waals surface area contributed by atoms with E-state index < -0.39 is 8.07 Å². The van der Waals surface area contributed by atoms with Crippen LogP contribution in [0, 0.1) is 5.92 Å². The summed E-state index contributed by atoms with van der Waals surface area (Å²) in [6.07, 6.45) is 2.89. The molecule has 1 aliphatic heterocycles. The van der Waals surface area contributed by atoms with Gasteiger partial charge in [-0.2, -0.15) is 0 Å². The highest BCUT2D eigenvalue weighted by Crippen LogP contribution is 2.47. The fourth-order valence-electron chi connectivity index (χ4n) is 6.37. The van der Waals surface area contributed by atoms with Crippen LogP contribution < -0.4 is 20.0 Å². The number of aryl methyl sites for hydroxylation is 1. The zero-order valence-corrected chi connectivity index (χ0v) is 27.1. The lowest BCUT2D eigenvalue weighted by atomic mass is 9.86. The molecule has 0 aliphatic carbocycles. The summed E-state index contributed by atoms with van der Waals surface area (Å²) in [7, 11) is 1.26. The lowest BCUT2D eigenvalue weighted by Gasteiger charge is -2.46. The molecule has 9 nitrogen and oxygen atoms in total. The number of nitrogens with one attached hydrogen (secondary N) is 1. The number of rotatable bonds is 12. The maximum atomic E-state index is 12.9. The number of benzene rings is 3. The van der Waals surface area contributed by atoms with E-state index in [0.717, 1.165) is 29.2 Å². The van der Waals surface area contributed by atoms with E-state index in [9.17, 15) is 9.90 Å². The topological polar surface area (TPSA) is 108 Å². The molecule has 0 fully saturated rings. The van der Waals surface area contributed by atoms with E-state index in [4.69, 9.17) is 14.2 Å². The summed E-state index contributed by atoms with van der Waals surface area (Å²) in [4.78, 5) is 12.9. The van der Waals surface area contributed by atoms with Crippen molar-refractivity contribution in [3.8, 4) is 11.5 Å². The number of carbonyl (C=O) groups excluding carboxylic acids is 1. The standard InChI is InChI=1S/C34H42N4O5Si/c1-23-32(42-3)29-21-25(35-34(40)24-9-7-6-8-10-24)11-16-30(29)43-33(23)31(17-19-38-22-26(18-20-39)36-37-38)44(4,5)28-14-12-27(41-2)13-15-28/h6-16,21-23,31-33,39H,17-20H2,1-5H3,(H,35,40)/t23-,31?,32-,33-/m0/s1. The van der Waals surface area contributed by atoms with Crippen LogP contribution in [-0.4, -0.2) is 61.0 Å². The van der Waals surface area contributed by atoms with Gasteiger partial charge in [0, 0.05) is 55.6 Å². The Balaban J connectivity index is 1.45. The second-order valence-corrected chi connectivity index (χ2v) is 16.7. The predicted molar refractivity (Wildman–Crippen MR) is 173 cm³/mol. The number of aromatic nitrogens is 3. The molecular formula is C34H42N4O5Si. The molecule has 10 heteroatoms. The van der Waals surface area contributed by atoms with Gasteiger partial charge in [-0.25, -0.2) is 0 Å². The van der Waals surface area contributed by atoms with Gasteiger partial charge in [-0.15, -0.1) is 5.10 Å². The van der Waals surface area contributed by atoms with Crippen molar-refractivity contribution in [2.45, 2.75) is 57.2 Å². The van der Waals surface area contributed by atoms with Crippen molar-refractivity contribution in [2.75, 3.05) is 26.1 Å². The Morgan fingerprint density at radius 1 is 1.09 bits per heavy atom. The number of anilines is 1. The molecule has 2 N–H and O–H groups in total. The first-order valence-corrected chi connectivity index (χ1v) is 18.2. The summed E-state index contributed by atoms with van der Waals surface area (Å²) in [5.41, 5.74) is 3.20. The lowest BCUT2D eigenvalue weighted by Crippen LogP contribution is -2.54. The molecule has 0 saturated heterocycles. The van der Waals surface area contributed by atoms with Crippen molar-refractivity contribution in [1.82, 2.24) is 15.0 Å². The van der Waals surface area contributed by atoms with Gasteiger partial charge in [-0.3, -0.25) is 9.48 Å². The third-order valence-corrected chi connectivity index (χ3v) is 13.2. The molecule has 1 unspecified atom stereocenters. The normalized spacial score (nSPS) is 18.6. The number of nitrogens with zero attached hydrogens (tertiary/aromatic N) is 3. The quantitative estimate of drug-likeness (QED) is 0.210. The number of amides is 1. The van der Waals surface area contributed by atoms with Gasteiger partial charge in [0.15, 0.2) is 0 Å². The van der Waals surface area contributed by atoms with Crippen LogP contribution in [0.1, 0.15) is 41.1 Å². The lowest BCUT2D eigenvalue weighted by molar-refractivity contribution is -0.0233. The number of carbonyl (C=O) groups is 1. The number of hydrogen-bond acceptors (Lipinski definition) is 7. The Kier molecular flexibility index (Phi) is 9.83. The minimum absolute atomic E-state index is 0.0308. The van der Waals surface area contributed by atoms with Crippen LogP contribution >= 0.6 is 0 Å². The molecule has 4 atom stereocenters. The minimum atomic E-state index is -2.16. The summed E-state index contributed by atoms with van der Waals surface area (Å²) in [6.45, 7) is 7.71. The Labute approximate surface area is 260 Å². The second-order valence-electron chi connectivity index (χ2n) is 12.0. The molecule has 0 radical (unpaired) electrons. The summed E-state index contributed by atoms with van der Waals surface area (Å²) in [5.74, 6) is 1.47. The van der Waals surface area contributed by atoms with E-state index in [1.165, 1.54) is 5.19 Å². The average molecular weight is 615 g/mol. The van der Waals surface area contributed by atoms with Gasteiger partial charge < -0.3 is 24.6 Å². The molecular weight excluding hydrogens is 572 g/mol. The van der Waals surface area contributed by atoms with E-state index in [1.54, 1.807) is 26.4 Å². The molecule has 5 rings (SSSR count). The van der Waals surface area contributed by atoms with Crippen LogP contribution in [0.4, 0.5) is 5.69 Å². The minimum Gasteiger partial charge on any atom is -0.497 e.